The molecule has 0 heterocycles. The third-order valence-electron chi connectivity index (χ3n) is 8.39. The summed E-state index contributed by atoms with van der Waals surface area (Å²) >= 11 is 0. The zero-order chi connectivity index (χ0) is 38.0. The number of hydrogen-bond donors (Lipinski definition) is 2. The number of benzene rings is 4. The molecule has 0 saturated heterocycles. The van der Waals surface area contributed by atoms with Gasteiger partial charge in [-0.2, -0.15) is 8.42 Å². The third kappa shape index (κ3) is 17.4. The maximum atomic E-state index is 12.0. The number of phenolic OH excluding ortho intramolecular Hbond substituents is 1. The summed E-state index contributed by atoms with van der Waals surface area (Å²) in [5.74, 6) is 2.20. The average Bonchev–Trinajstić information content (AvgIpc) is 3.10. The van der Waals surface area contributed by atoms with E-state index in [9.17, 15) is 31.6 Å². The number of unbranched alkanes of at least 4 members (excludes halogenated alkanes) is 10. The number of aromatic hydroxyl groups is 1. The van der Waals surface area contributed by atoms with Crippen LogP contribution < -0.4 is 14.6 Å². The molecule has 4 aromatic carbocycles. The van der Waals surface area contributed by atoms with E-state index in [2.05, 4.69) is 13.8 Å². The monoisotopic (exact) mass is 794 g/mol. The van der Waals surface area contributed by atoms with Gasteiger partial charge in [0.25, 0.3) is 10.1 Å². The molecular weight excluding hydrogens is 745 g/mol. The molecule has 0 atom stereocenters. The molecule has 0 radical (unpaired) electrons. The zero-order valence-corrected chi connectivity index (χ0v) is 34.5. The summed E-state index contributed by atoms with van der Waals surface area (Å²) in [6, 6.07) is 20.6. The van der Waals surface area contributed by atoms with E-state index in [-0.39, 0.29) is 59.0 Å². The van der Waals surface area contributed by atoms with Gasteiger partial charge in [0.05, 0.1) is 9.79 Å². The van der Waals surface area contributed by atoms with Gasteiger partial charge < -0.3 is 24.2 Å². The number of ether oxygens (including phenoxy) is 2. The molecule has 53 heavy (non-hydrogen) atoms. The topological polar surface area (TPSA) is 173 Å². The van der Waals surface area contributed by atoms with Crippen LogP contribution >= 0.6 is 0 Å². The Kier molecular flexibility index (Phi) is 20.8. The molecule has 4 rings (SSSR count). The third-order valence-corrected chi connectivity index (χ3v) is 10.1. The summed E-state index contributed by atoms with van der Waals surface area (Å²) in [4.78, 5) is -0.483. The fourth-order valence-corrected chi connectivity index (χ4v) is 6.41. The summed E-state index contributed by atoms with van der Waals surface area (Å²) in [5, 5.41) is 22.0. The predicted molar refractivity (Wildman–Crippen MR) is 205 cm³/mol. The number of aryl methyl sites for hydroxylation is 2. The first kappa shape index (κ1) is 46.3. The predicted octanol–water partition coefficient (Wildman–Crippen LogP) is 9.31. The van der Waals surface area contributed by atoms with Gasteiger partial charge in [-0.15, -0.1) is 5.75 Å². The van der Waals surface area contributed by atoms with Gasteiger partial charge in [-0.3, -0.25) is 4.55 Å². The smallest absolute Gasteiger partial charge is 0.872 e. The van der Waals surface area contributed by atoms with Crippen LogP contribution in [0.25, 0.3) is 0 Å². The Balaban J connectivity index is 0.000000360. The van der Waals surface area contributed by atoms with Crippen molar-refractivity contribution in [1.82, 2.24) is 0 Å². The van der Waals surface area contributed by atoms with Crippen LogP contribution in [-0.4, -0.2) is 68.8 Å². The first-order valence-electron chi connectivity index (χ1n) is 17.9. The summed E-state index contributed by atoms with van der Waals surface area (Å²) in [5.41, 5.74) is 1.56. The van der Waals surface area contributed by atoms with Crippen LogP contribution in [0.15, 0.2) is 94.7 Å². The maximum absolute atomic E-state index is 12.0. The molecule has 0 saturated carbocycles. The summed E-state index contributed by atoms with van der Waals surface area (Å²) < 4.78 is 75.3. The second-order valence-electron chi connectivity index (χ2n) is 12.7. The van der Waals surface area contributed by atoms with Gasteiger partial charge in [-0.1, -0.05) is 89.7 Å². The Morgan fingerprint density at radius 2 is 0.943 bits per heavy atom. The molecule has 284 valence electrons. The van der Waals surface area contributed by atoms with Crippen molar-refractivity contribution in [2.24, 2.45) is 0 Å². The van der Waals surface area contributed by atoms with Crippen LogP contribution in [0.3, 0.4) is 0 Å². The summed E-state index contributed by atoms with van der Waals surface area (Å²) in [6.07, 6.45) is 15.6. The Labute approximate surface area is 345 Å². The van der Waals surface area contributed by atoms with Crippen molar-refractivity contribution in [2.45, 2.75) is 114 Å². The van der Waals surface area contributed by atoms with Crippen LogP contribution in [0.4, 0.5) is 0 Å². The Bertz CT molecular complexity index is 1740. The van der Waals surface area contributed by atoms with E-state index in [0.717, 1.165) is 49.7 Å². The number of phenols is 1. The molecular formula is C40H50CaO10S2. The van der Waals surface area contributed by atoms with Gasteiger partial charge >= 0.3 is 37.7 Å². The van der Waals surface area contributed by atoms with Gasteiger partial charge in [-0.05, 0) is 110 Å². The summed E-state index contributed by atoms with van der Waals surface area (Å²) in [6.45, 7) is 4.38. The van der Waals surface area contributed by atoms with Crippen molar-refractivity contribution in [2.75, 3.05) is 0 Å². The van der Waals surface area contributed by atoms with Gasteiger partial charge in [0.2, 0.25) is 0 Å². The molecule has 0 spiro atoms. The van der Waals surface area contributed by atoms with Crippen molar-refractivity contribution >= 4 is 58.0 Å². The standard InChI is InChI=1S/2C20H26O5S.Ca/c2*1-2-3-4-5-6-7-8-16-15-18(11-14-20(16)21)25-17-9-12-19(13-10-17)26(22,23)24;/h2*9-15,21H,2-8H2,1H3,(H,22,23,24);/q;;+2/p-2. The fourth-order valence-electron chi connectivity index (χ4n) is 5.46. The Morgan fingerprint density at radius 3 is 1.42 bits per heavy atom. The van der Waals surface area contributed by atoms with Gasteiger partial charge in [-0.25, -0.2) is 8.42 Å². The molecule has 13 heteroatoms. The van der Waals surface area contributed by atoms with Crippen LogP contribution in [-0.2, 0) is 33.1 Å². The SMILES string of the molecule is CCCCCCCCc1cc(Oc2ccc(S(=O)(=O)O)cc2)ccc1O.CCCCCCCCc1cc(Oc2ccc(S(=O)(=O)[O-])cc2)ccc1[O-].[Ca+2]. The summed E-state index contributed by atoms with van der Waals surface area (Å²) in [7, 11) is -8.68. The van der Waals surface area contributed by atoms with Gasteiger partial charge in [0, 0.05) is 0 Å². The van der Waals surface area contributed by atoms with Crippen molar-refractivity contribution < 1.29 is 45.6 Å². The molecule has 0 bridgehead atoms. The minimum absolute atomic E-state index is 0. The molecule has 2 N–H and O–H groups in total. The van der Waals surface area contributed by atoms with Crippen molar-refractivity contribution in [1.29, 1.82) is 0 Å². The molecule has 4 aromatic rings. The largest absolute Gasteiger partial charge is 2.00 e. The Hall–Kier alpha value is -2.84. The second-order valence-corrected chi connectivity index (χ2v) is 15.5. The molecule has 0 unspecified atom stereocenters. The molecule has 0 amide bonds. The van der Waals surface area contributed by atoms with Crippen LogP contribution in [0, 0.1) is 0 Å². The normalized spacial score (nSPS) is 11.2. The van der Waals surface area contributed by atoms with Crippen LogP contribution in [0.1, 0.15) is 102 Å². The molecule has 0 fully saturated rings. The second kappa shape index (κ2) is 23.8. The quantitative estimate of drug-likeness (QED) is 0.0499. The van der Waals surface area contributed by atoms with Crippen LogP contribution in [0.2, 0.25) is 0 Å². The maximum Gasteiger partial charge on any atom is 2.00 e. The van der Waals surface area contributed by atoms with E-state index in [4.69, 9.17) is 14.0 Å². The number of rotatable bonds is 20. The minimum atomic E-state index is -4.47. The Morgan fingerprint density at radius 1 is 0.547 bits per heavy atom. The van der Waals surface area contributed by atoms with Crippen LogP contribution in [0.5, 0.6) is 34.5 Å². The van der Waals surface area contributed by atoms with E-state index in [0.29, 0.717) is 23.0 Å². The minimum Gasteiger partial charge on any atom is -0.872 e. The van der Waals surface area contributed by atoms with E-state index < -0.39 is 20.2 Å². The van der Waals surface area contributed by atoms with E-state index >= 15 is 0 Å². The molecule has 0 aliphatic heterocycles. The first-order valence-corrected chi connectivity index (χ1v) is 20.8. The van der Waals surface area contributed by atoms with E-state index in [1.807, 2.05) is 0 Å². The number of hydrogen-bond acceptors (Lipinski definition) is 9. The van der Waals surface area contributed by atoms with E-state index in [1.165, 1.54) is 106 Å². The van der Waals surface area contributed by atoms with Gasteiger partial charge in [0.1, 0.15) is 38.9 Å². The van der Waals surface area contributed by atoms with E-state index in [1.54, 1.807) is 30.3 Å². The first-order chi connectivity index (χ1) is 24.8. The molecule has 10 nitrogen and oxygen atoms in total. The van der Waals surface area contributed by atoms with Gasteiger partial charge in [0.15, 0.2) is 0 Å². The van der Waals surface area contributed by atoms with Crippen molar-refractivity contribution in [3.63, 3.8) is 0 Å². The average molecular weight is 795 g/mol. The molecule has 0 aliphatic rings. The molecule has 0 aliphatic carbocycles. The van der Waals surface area contributed by atoms with Crippen molar-refractivity contribution in [3.05, 3.63) is 96.1 Å². The zero-order valence-electron chi connectivity index (χ0n) is 30.7. The fraction of sp³-hybridized carbons (Fsp3) is 0.400. The molecule has 0 aromatic heterocycles. The van der Waals surface area contributed by atoms with Crippen molar-refractivity contribution in [3.8, 4) is 34.5 Å².